The number of furan rings is 1. The zero-order valence-corrected chi connectivity index (χ0v) is 22.8. The first kappa shape index (κ1) is 22.7. The molecule has 9 aromatic rings. The average molecular weight is 552 g/mol. The van der Waals surface area contributed by atoms with Gasteiger partial charge in [-0.1, -0.05) is 78.9 Å². The maximum atomic E-state index is 6.38. The number of para-hydroxylation sites is 3. The minimum absolute atomic E-state index is 0.581. The summed E-state index contributed by atoms with van der Waals surface area (Å²) >= 11 is 0. The Morgan fingerprint density at radius 1 is 0.512 bits per heavy atom. The summed E-state index contributed by atoms with van der Waals surface area (Å²) in [5.74, 6) is 1.98. The molecule has 0 radical (unpaired) electrons. The first-order valence-corrected chi connectivity index (χ1v) is 14.3. The van der Waals surface area contributed by atoms with E-state index in [0.717, 1.165) is 82.7 Å². The summed E-state index contributed by atoms with van der Waals surface area (Å²) in [7, 11) is 0. The molecule has 1 aliphatic heterocycles. The van der Waals surface area contributed by atoms with Crippen LogP contribution in [-0.4, -0.2) is 14.5 Å². The maximum absolute atomic E-state index is 6.38. The van der Waals surface area contributed by atoms with Crippen molar-refractivity contribution < 1.29 is 9.15 Å². The number of ether oxygens (including phenoxy) is 1. The van der Waals surface area contributed by atoms with Crippen molar-refractivity contribution >= 4 is 54.6 Å². The van der Waals surface area contributed by atoms with Gasteiger partial charge >= 0.3 is 0 Å². The lowest BCUT2D eigenvalue weighted by Gasteiger charge is -2.20. The highest BCUT2D eigenvalue weighted by Gasteiger charge is 2.24. The third-order valence-electron chi connectivity index (χ3n) is 8.64. The van der Waals surface area contributed by atoms with Gasteiger partial charge in [0.2, 0.25) is 11.8 Å². The van der Waals surface area contributed by atoms with E-state index in [9.17, 15) is 0 Å². The van der Waals surface area contributed by atoms with Gasteiger partial charge in [-0.2, -0.15) is 4.98 Å². The van der Waals surface area contributed by atoms with Gasteiger partial charge in [-0.05, 0) is 59.7 Å². The van der Waals surface area contributed by atoms with Crippen LogP contribution >= 0.6 is 0 Å². The Kier molecular flexibility index (Phi) is 4.39. The fraction of sp³-hybridized carbons (Fsp3) is 0. The Balaban J connectivity index is 1.19. The molecule has 6 aromatic carbocycles. The van der Waals surface area contributed by atoms with E-state index in [1.807, 2.05) is 36.4 Å². The van der Waals surface area contributed by atoms with Crippen molar-refractivity contribution in [3.8, 4) is 39.8 Å². The van der Waals surface area contributed by atoms with Gasteiger partial charge in [-0.25, -0.2) is 4.98 Å². The Hall–Kier alpha value is -5.94. The predicted octanol–water partition coefficient (Wildman–Crippen LogP) is 10.1. The SMILES string of the molecule is c1ccc2c(c1)Oc1nc(-n3c4ccccc4c4cc(-c5ccc6oc7ccccc7c6c5)ccc43)nc3cccc-2c13. The summed E-state index contributed by atoms with van der Waals surface area (Å²) < 4.78 is 14.6. The molecule has 0 spiro atoms. The van der Waals surface area contributed by atoms with E-state index in [2.05, 4.69) is 95.6 Å². The number of rotatable bonds is 2. The van der Waals surface area contributed by atoms with E-state index in [-0.39, 0.29) is 0 Å². The Morgan fingerprint density at radius 3 is 2.19 bits per heavy atom. The average Bonchev–Trinajstić information content (AvgIpc) is 3.60. The molecule has 0 bridgehead atoms. The molecule has 0 amide bonds. The van der Waals surface area contributed by atoms with Crippen LogP contribution in [0.2, 0.25) is 0 Å². The molecule has 0 saturated carbocycles. The third-order valence-corrected chi connectivity index (χ3v) is 8.64. The fourth-order valence-electron chi connectivity index (χ4n) is 6.69. The van der Waals surface area contributed by atoms with Crippen LogP contribution in [0.3, 0.4) is 0 Å². The van der Waals surface area contributed by atoms with Crippen molar-refractivity contribution in [1.29, 1.82) is 0 Å². The number of hydrogen-bond donors (Lipinski definition) is 0. The molecule has 1 aliphatic rings. The van der Waals surface area contributed by atoms with Gasteiger partial charge in [0, 0.05) is 32.7 Å². The standard InChI is InChI=1S/C38H21N3O2/c1-4-13-31-24(8-1)28-20-22(23-17-19-35-29(21-23)26-10-3-5-14-33(26)42-35)16-18-32(28)41(31)38-39-30-12-7-11-27-25-9-2-6-15-34(25)43-37(40-38)36(27)30/h1-21H. The molecule has 43 heavy (non-hydrogen) atoms. The molecule has 3 aromatic heterocycles. The number of benzene rings is 6. The second-order valence-corrected chi connectivity index (χ2v) is 11.0. The number of hydrogen-bond acceptors (Lipinski definition) is 4. The minimum Gasteiger partial charge on any atom is -0.456 e. The van der Waals surface area contributed by atoms with Crippen LogP contribution in [-0.2, 0) is 0 Å². The zero-order valence-electron chi connectivity index (χ0n) is 22.8. The van der Waals surface area contributed by atoms with E-state index >= 15 is 0 Å². The van der Waals surface area contributed by atoms with E-state index in [4.69, 9.17) is 19.1 Å². The van der Waals surface area contributed by atoms with Gasteiger partial charge in [-0.3, -0.25) is 4.57 Å². The summed E-state index contributed by atoms with van der Waals surface area (Å²) in [5, 5.41) is 5.47. The number of fused-ring (bicyclic) bond motifs is 8. The second-order valence-electron chi connectivity index (χ2n) is 11.0. The van der Waals surface area contributed by atoms with Crippen molar-refractivity contribution in [3.05, 3.63) is 127 Å². The lowest BCUT2D eigenvalue weighted by atomic mass is 9.98. The Morgan fingerprint density at radius 2 is 1.23 bits per heavy atom. The normalized spacial score (nSPS) is 12.4. The van der Waals surface area contributed by atoms with Crippen molar-refractivity contribution in [3.63, 3.8) is 0 Å². The summed E-state index contributed by atoms with van der Waals surface area (Å²) in [5.41, 5.74) is 9.18. The van der Waals surface area contributed by atoms with Crippen molar-refractivity contribution in [2.45, 2.75) is 0 Å². The second kappa shape index (κ2) is 8.30. The molecule has 5 nitrogen and oxygen atoms in total. The molecule has 0 unspecified atom stereocenters. The molecule has 0 atom stereocenters. The van der Waals surface area contributed by atoms with Crippen LogP contribution in [0.15, 0.2) is 132 Å². The van der Waals surface area contributed by atoms with E-state index in [0.29, 0.717) is 11.8 Å². The molecule has 4 heterocycles. The zero-order chi connectivity index (χ0) is 28.1. The lowest BCUT2D eigenvalue weighted by molar-refractivity contribution is 0.466. The van der Waals surface area contributed by atoms with Crippen LogP contribution < -0.4 is 4.74 Å². The molecule has 200 valence electrons. The minimum atomic E-state index is 0.581. The molecule has 5 heteroatoms. The number of aromatic nitrogens is 3. The quantitative estimate of drug-likeness (QED) is 0.214. The molecular weight excluding hydrogens is 530 g/mol. The first-order valence-electron chi connectivity index (χ1n) is 14.3. The molecule has 0 fully saturated rings. The van der Waals surface area contributed by atoms with Gasteiger partial charge in [0.25, 0.3) is 0 Å². The van der Waals surface area contributed by atoms with Crippen LogP contribution in [0.1, 0.15) is 0 Å². The maximum Gasteiger partial charge on any atom is 0.238 e. The molecule has 0 aliphatic carbocycles. The monoisotopic (exact) mass is 551 g/mol. The molecule has 0 N–H and O–H groups in total. The van der Waals surface area contributed by atoms with Gasteiger partial charge < -0.3 is 9.15 Å². The van der Waals surface area contributed by atoms with E-state index in [1.165, 1.54) is 0 Å². The lowest BCUT2D eigenvalue weighted by Crippen LogP contribution is -2.06. The summed E-state index contributed by atoms with van der Waals surface area (Å²) in [6, 6.07) is 44.0. The summed E-state index contributed by atoms with van der Waals surface area (Å²) in [4.78, 5) is 10.1. The van der Waals surface area contributed by atoms with Crippen LogP contribution in [0.5, 0.6) is 11.6 Å². The molecular formula is C38H21N3O2. The van der Waals surface area contributed by atoms with Crippen molar-refractivity contribution in [1.82, 2.24) is 14.5 Å². The predicted molar refractivity (Wildman–Crippen MR) is 172 cm³/mol. The Bertz CT molecular complexity index is 2610. The van der Waals surface area contributed by atoms with Gasteiger partial charge in [0.05, 0.1) is 21.9 Å². The third kappa shape index (κ3) is 3.16. The fourth-order valence-corrected chi connectivity index (χ4v) is 6.69. The summed E-state index contributed by atoms with van der Waals surface area (Å²) in [6.45, 7) is 0. The number of nitrogens with zero attached hydrogens (tertiary/aromatic N) is 3. The Labute approximate surface area is 245 Å². The highest BCUT2D eigenvalue weighted by atomic mass is 16.5. The van der Waals surface area contributed by atoms with E-state index < -0.39 is 0 Å². The smallest absolute Gasteiger partial charge is 0.238 e. The molecule has 10 rings (SSSR count). The van der Waals surface area contributed by atoms with E-state index in [1.54, 1.807) is 0 Å². The summed E-state index contributed by atoms with van der Waals surface area (Å²) in [6.07, 6.45) is 0. The van der Waals surface area contributed by atoms with Crippen molar-refractivity contribution in [2.75, 3.05) is 0 Å². The highest BCUT2D eigenvalue weighted by molar-refractivity contribution is 6.11. The topological polar surface area (TPSA) is 53.1 Å². The van der Waals surface area contributed by atoms with Crippen LogP contribution in [0, 0.1) is 0 Å². The van der Waals surface area contributed by atoms with Crippen LogP contribution in [0.25, 0.3) is 82.8 Å². The van der Waals surface area contributed by atoms with Gasteiger partial charge in [0.15, 0.2) is 0 Å². The highest BCUT2D eigenvalue weighted by Crippen LogP contribution is 2.45. The van der Waals surface area contributed by atoms with Crippen molar-refractivity contribution in [2.24, 2.45) is 0 Å². The van der Waals surface area contributed by atoms with Gasteiger partial charge in [-0.15, -0.1) is 0 Å². The van der Waals surface area contributed by atoms with Gasteiger partial charge in [0.1, 0.15) is 16.9 Å². The largest absolute Gasteiger partial charge is 0.456 e. The molecule has 0 saturated heterocycles. The van der Waals surface area contributed by atoms with Crippen LogP contribution in [0.4, 0.5) is 0 Å². The first-order chi connectivity index (χ1) is 21.3.